The minimum absolute atomic E-state index is 0.0596. The lowest BCUT2D eigenvalue weighted by atomic mass is 10.2. The molecule has 1 aromatic heterocycles. The number of aliphatic hydroxyl groups excluding tert-OH is 1. The maximum Gasteiger partial charge on any atom is 0.173 e. The largest absolute Gasteiger partial charge is 0.494 e. The first-order valence-electron chi connectivity index (χ1n) is 6.00. The van der Waals surface area contributed by atoms with Crippen molar-refractivity contribution >= 4 is 11.5 Å². The zero-order valence-electron chi connectivity index (χ0n) is 10.3. The lowest BCUT2D eigenvalue weighted by Crippen LogP contribution is -1.96. The van der Waals surface area contributed by atoms with E-state index in [0.717, 1.165) is 30.8 Å². The molecule has 1 N–H and O–H groups in total. The standard InChI is InChI=1S/C13H16N2O2S/c1-2-3-8-17-11-6-4-10(5-7-11)13-14-12(9-16)18-15-13/h4-7,16H,2-3,8-9H2,1H3. The molecule has 4 nitrogen and oxygen atoms in total. The number of benzene rings is 1. The Morgan fingerprint density at radius 2 is 2.06 bits per heavy atom. The maximum absolute atomic E-state index is 8.95. The highest BCUT2D eigenvalue weighted by Crippen LogP contribution is 2.21. The minimum atomic E-state index is -0.0596. The van der Waals surface area contributed by atoms with E-state index in [1.807, 2.05) is 24.3 Å². The molecule has 18 heavy (non-hydrogen) atoms. The summed E-state index contributed by atoms with van der Waals surface area (Å²) in [6.07, 6.45) is 2.19. The number of nitrogens with zero attached hydrogens (tertiary/aromatic N) is 2. The summed E-state index contributed by atoms with van der Waals surface area (Å²) in [6, 6.07) is 7.71. The van der Waals surface area contributed by atoms with Gasteiger partial charge in [-0.2, -0.15) is 4.37 Å². The van der Waals surface area contributed by atoms with Gasteiger partial charge in [0.25, 0.3) is 0 Å². The van der Waals surface area contributed by atoms with Crippen LogP contribution in [-0.2, 0) is 6.61 Å². The lowest BCUT2D eigenvalue weighted by Gasteiger charge is -2.05. The van der Waals surface area contributed by atoms with Gasteiger partial charge in [-0.1, -0.05) is 13.3 Å². The van der Waals surface area contributed by atoms with Gasteiger partial charge in [-0.05, 0) is 42.2 Å². The Bertz CT molecular complexity index is 482. The molecule has 2 aromatic rings. The van der Waals surface area contributed by atoms with Crippen molar-refractivity contribution in [3.8, 4) is 17.1 Å². The van der Waals surface area contributed by atoms with Gasteiger partial charge >= 0.3 is 0 Å². The number of hydrogen-bond acceptors (Lipinski definition) is 5. The van der Waals surface area contributed by atoms with E-state index in [-0.39, 0.29) is 6.61 Å². The molecule has 0 fully saturated rings. The number of aliphatic hydroxyl groups is 1. The van der Waals surface area contributed by atoms with Gasteiger partial charge in [-0.15, -0.1) is 0 Å². The summed E-state index contributed by atoms with van der Waals surface area (Å²) in [5, 5.41) is 9.58. The molecule has 0 unspecified atom stereocenters. The average molecular weight is 264 g/mol. The summed E-state index contributed by atoms with van der Waals surface area (Å²) in [7, 11) is 0. The Balaban J connectivity index is 2.02. The SMILES string of the molecule is CCCCOc1ccc(-c2nsc(CO)n2)cc1. The van der Waals surface area contributed by atoms with Crippen LogP contribution in [0.2, 0.25) is 0 Å². The van der Waals surface area contributed by atoms with Crippen LogP contribution < -0.4 is 4.74 Å². The Labute approximate surface area is 110 Å². The van der Waals surface area contributed by atoms with Crippen molar-refractivity contribution in [2.75, 3.05) is 6.61 Å². The molecule has 0 spiro atoms. The molecule has 0 bridgehead atoms. The highest BCUT2D eigenvalue weighted by Gasteiger charge is 2.05. The Hall–Kier alpha value is -1.46. The molecule has 96 valence electrons. The third-order valence-electron chi connectivity index (χ3n) is 2.48. The fourth-order valence-corrected chi connectivity index (χ4v) is 1.99. The lowest BCUT2D eigenvalue weighted by molar-refractivity contribution is 0.281. The molecule has 0 aliphatic heterocycles. The van der Waals surface area contributed by atoms with Crippen molar-refractivity contribution in [3.05, 3.63) is 29.3 Å². The van der Waals surface area contributed by atoms with Gasteiger partial charge in [0, 0.05) is 5.56 Å². The Kier molecular flexibility index (Phi) is 4.66. The Morgan fingerprint density at radius 1 is 1.28 bits per heavy atom. The molecule has 1 heterocycles. The van der Waals surface area contributed by atoms with E-state index in [1.54, 1.807) is 0 Å². The number of unbranched alkanes of at least 4 members (excludes halogenated alkanes) is 1. The highest BCUT2D eigenvalue weighted by atomic mass is 32.1. The van der Waals surface area contributed by atoms with E-state index in [2.05, 4.69) is 16.3 Å². The van der Waals surface area contributed by atoms with Crippen molar-refractivity contribution in [1.82, 2.24) is 9.36 Å². The van der Waals surface area contributed by atoms with Crippen molar-refractivity contribution in [3.63, 3.8) is 0 Å². The highest BCUT2D eigenvalue weighted by molar-refractivity contribution is 7.05. The van der Waals surface area contributed by atoms with Gasteiger partial charge in [0.1, 0.15) is 10.8 Å². The molecule has 0 atom stereocenters. The van der Waals surface area contributed by atoms with Gasteiger partial charge in [-0.3, -0.25) is 0 Å². The smallest absolute Gasteiger partial charge is 0.173 e. The third kappa shape index (κ3) is 3.27. The van der Waals surface area contributed by atoms with Gasteiger partial charge in [-0.25, -0.2) is 4.98 Å². The van der Waals surface area contributed by atoms with E-state index in [1.165, 1.54) is 11.5 Å². The van der Waals surface area contributed by atoms with Gasteiger partial charge < -0.3 is 9.84 Å². The summed E-state index contributed by atoms with van der Waals surface area (Å²) in [5.74, 6) is 1.52. The fraction of sp³-hybridized carbons (Fsp3) is 0.385. The van der Waals surface area contributed by atoms with Crippen molar-refractivity contribution in [2.24, 2.45) is 0 Å². The monoisotopic (exact) mass is 264 g/mol. The molecule has 5 heteroatoms. The second-order valence-corrected chi connectivity index (χ2v) is 4.73. The fourth-order valence-electron chi connectivity index (χ4n) is 1.47. The first-order chi connectivity index (χ1) is 8.83. The predicted octanol–water partition coefficient (Wildman–Crippen LogP) is 2.88. The first-order valence-corrected chi connectivity index (χ1v) is 6.77. The van der Waals surface area contributed by atoms with Crippen molar-refractivity contribution in [2.45, 2.75) is 26.4 Å². The topological polar surface area (TPSA) is 55.2 Å². The van der Waals surface area contributed by atoms with Crippen LogP contribution in [0.1, 0.15) is 24.8 Å². The third-order valence-corrected chi connectivity index (χ3v) is 3.18. The molecule has 0 amide bonds. The summed E-state index contributed by atoms with van der Waals surface area (Å²) in [6.45, 7) is 2.83. The predicted molar refractivity (Wildman–Crippen MR) is 71.7 cm³/mol. The zero-order chi connectivity index (χ0) is 12.8. The maximum atomic E-state index is 8.95. The molecule has 0 aliphatic carbocycles. The van der Waals surface area contributed by atoms with Crippen LogP contribution in [0, 0.1) is 0 Å². The molecule has 0 aliphatic rings. The van der Waals surface area contributed by atoms with E-state index < -0.39 is 0 Å². The van der Waals surface area contributed by atoms with Crippen LogP contribution in [-0.4, -0.2) is 21.1 Å². The summed E-state index contributed by atoms with van der Waals surface area (Å²) >= 11 is 1.22. The van der Waals surface area contributed by atoms with Crippen LogP contribution in [0.5, 0.6) is 5.75 Å². The van der Waals surface area contributed by atoms with Gasteiger partial charge in [0.05, 0.1) is 13.2 Å². The number of hydrogen-bond donors (Lipinski definition) is 1. The normalized spacial score (nSPS) is 10.6. The second kappa shape index (κ2) is 6.47. The number of aromatic nitrogens is 2. The molecule has 1 aromatic carbocycles. The van der Waals surface area contributed by atoms with Gasteiger partial charge in [0.15, 0.2) is 5.82 Å². The van der Waals surface area contributed by atoms with Crippen molar-refractivity contribution < 1.29 is 9.84 Å². The second-order valence-electron chi connectivity index (χ2n) is 3.90. The van der Waals surface area contributed by atoms with Gasteiger partial charge in [0.2, 0.25) is 0 Å². The first kappa shape index (κ1) is 13.0. The van der Waals surface area contributed by atoms with E-state index in [0.29, 0.717) is 10.8 Å². The van der Waals surface area contributed by atoms with Crippen molar-refractivity contribution in [1.29, 1.82) is 0 Å². The van der Waals surface area contributed by atoms with E-state index in [9.17, 15) is 0 Å². The Morgan fingerprint density at radius 3 is 2.67 bits per heavy atom. The molecule has 2 rings (SSSR count). The summed E-state index contributed by atoms with van der Waals surface area (Å²) in [4.78, 5) is 4.22. The van der Waals surface area contributed by atoms with Crippen LogP contribution in [0.4, 0.5) is 0 Å². The molecule has 0 saturated carbocycles. The summed E-state index contributed by atoms with van der Waals surface area (Å²) in [5.41, 5.74) is 0.939. The summed E-state index contributed by atoms with van der Waals surface area (Å²) < 4.78 is 9.78. The van der Waals surface area contributed by atoms with E-state index in [4.69, 9.17) is 9.84 Å². The van der Waals surface area contributed by atoms with E-state index >= 15 is 0 Å². The zero-order valence-corrected chi connectivity index (χ0v) is 11.1. The van der Waals surface area contributed by atoms with Crippen LogP contribution >= 0.6 is 11.5 Å². The number of ether oxygens (including phenoxy) is 1. The molecule has 0 saturated heterocycles. The quantitative estimate of drug-likeness (QED) is 0.815. The molecular formula is C13H16N2O2S. The molecular weight excluding hydrogens is 248 g/mol. The molecule has 0 radical (unpaired) electrons. The van der Waals surface area contributed by atoms with Crippen LogP contribution in [0.15, 0.2) is 24.3 Å². The van der Waals surface area contributed by atoms with Crippen LogP contribution in [0.25, 0.3) is 11.4 Å². The van der Waals surface area contributed by atoms with Crippen LogP contribution in [0.3, 0.4) is 0 Å². The average Bonchev–Trinajstić information content (AvgIpc) is 2.89. The number of rotatable bonds is 6. The minimum Gasteiger partial charge on any atom is -0.494 e.